The number of carbonyl (C=O) groups is 1. The van der Waals surface area contributed by atoms with Gasteiger partial charge in [-0.2, -0.15) is 0 Å². The fourth-order valence-electron chi connectivity index (χ4n) is 2.35. The Labute approximate surface area is 171 Å². The summed E-state index contributed by atoms with van der Waals surface area (Å²) in [6, 6.07) is 0. The Morgan fingerprint density at radius 2 is 0.964 bits per heavy atom. The Morgan fingerprint density at radius 3 is 1.46 bits per heavy atom. The normalized spacial score (nSPS) is 11.1. The topological polar surface area (TPSA) is 72.5 Å². The third kappa shape index (κ3) is 23.3. The first-order valence-corrected chi connectivity index (χ1v) is 10.9. The summed E-state index contributed by atoms with van der Waals surface area (Å²) >= 11 is 0. The number of rotatable bonds is 23. The van der Waals surface area contributed by atoms with E-state index >= 15 is 0 Å². The molecule has 0 heterocycles. The third-order valence-corrected chi connectivity index (χ3v) is 3.89. The number of unbranched alkanes of at least 4 members (excludes halogenated alkanes) is 5. The molecule has 0 aliphatic rings. The van der Waals surface area contributed by atoms with E-state index in [0.29, 0.717) is 66.1 Å². The summed E-state index contributed by atoms with van der Waals surface area (Å²) < 4.78 is 31.9. The van der Waals surface area contributed by atoms with Crippen LogP contribution in [0.25, 0.3) is 0 Å². The zero-order valence-corrected chi connectivity index (χ0v) is 18.1. The molecule has 7 heteroatoms. The van der Waals surface area contributed by atoms with Gasteiger partial charge in [-0.1, -0.05) is 39.0 Å². The van der Waals surface area contributed by atoms with Crippen molar-refractivity contribution in [2.45, 2.75) is 58.8 Å². The van der Waals surface area contributed by atoms with Crippen molar-refractivity contribution in [3.05, 3.63) is 0 Å². The molecule has 0 saturated carbocycles. The van der Waals surface area contributed by atoms with E-state index in [9.17, 15) is 4.79 Å². The van der Waals surface area contributed by atoms with E-state index in [2.05, 4.69) is 6.92 Å². The van der Waals surface area contributed by atoms with Crippen LogP contribution in [0.3, 0.4) is 0 Å². The van der Waals surface area contributed by atoms with E-state index in [0.717, 1.165) is 13.0 Å². The second-order valence-corrected chi connectivity index (χ2v) is 6.38. The number of hydrogen-bond acceptors (Lipinski definition) is 7. The lowest BCUT2D eigenvalue weighted by Crippen LogP contribution is -2.14. The van der Waals surface area contributed by atoms with Crippen molar-refractivity contribution >= 4 is 5.97 Å². The number of carbonyl (C=O) groups excluding carboxylic acids is 1. The molecule has 28 heavy (non-hydrogen) atoms. The first kappa shape index (κ1) is 27.3. The van der Waals surface area contributed by atoms with E-state index in [-0.39, 0.29) is 12.4 Å². The zero-order chi connectivity index (χ0) is 20.5. The maximum Gasteiger partial charge on any atom is 0.308 e. The van der Waals surface area contributed by atoms with E-state index < -0.39 is 0 Å². The SMILES string of the molecule is CCCCCCCCOCCOCCOCCOCCOCCC(=O)OCC. The lowest BCUT2D eigenvalue weighted by molar-refractivity contribution is -0.144. The van der Waals surface area contributed by atoms with Crippen LogP contribution in [0.2, 0.25) is 0 Å². The van der Waals surface area contributed by atoms with Gasteiger partial charge in [-0.3, -0.25) is 4.79 Å². The average Bonchev–Trinajstić information content (AvgIpc) is 2.69. The number of esters is 1. The summed E-state index contributed by atoms with van der Waals surface area (Å²) in [5.74, 6) is -0.233. The predicted octanol–water partition coefficient (Wildman–Crippen LogP) is 3.38. The molecule has 0 unspecified atom stereocenters. The third-order valence-electron chi connectivity index (χ3n) is 3.89. The molecule has 0 atom stereocenters. The van der Waals surface area contributed by atoms with E-state index in [4.69, 9.17) is 28.4 Å². The van der Waals surface area contributed by atoms with E-state index in [1.807, 2.05) is 0 Å². The maximum atomic E-state index is 11.1. The summed E-state index contributed by atoms with van der Waals surface area (Å²) in [6.07, 6.45) is 7.98. The van der Waals surface area contributed by atoms with Gasteiger partial charge in [0.25, 0.3) is 0 Å². The van der Waals surface area contributed by atoms with Gasteiger partial charge in [-0.25, -0.2) is 0 Å². The minimum absolute atomic E-state index is 0.233. The monoisotopic (exact) mass is 406 g/mol. The summed E-state index contributed by atoms with van der Waals surface area (Å²) in [6.45, 7) is 9.98. The minimum Gasteiger partial charge on any atom is -0.466 e. The van der Waals surface area contributed by atoms with Crippen molar-refractivity contribution in [2.24, 2.45) is 0 Å². The van der Waals surface area contributed by atoms with Crippen molar-refractivity contribution in [2.75, 3.05) is 72.7 Å². The van der Waals surface area contributed by atoms with Gasteiger partial charge in [0.2, 0.25) is 0 Å². The van der Waals surface area contributed by atoms with Crippen molar-refractivity contribution in [3.8, 4) is 0 Å². The van der Waals surface area contributed by atoms with Crippen LogP contribution < -0.4 is 0 Å². The highest BCUT2D eigenvalue weighted by Gasteiger charge is 2.00. The van der Waals surface area contributed by atoms with Gasteiger partial charge < -0.3 is 28.4 Å². The molecule has 0 rings (SSSR count). The molecule has 0 N–H and O–H groups in total. The van der Waals surface area contributed by atoms with Crippen LogP contribution >= 0.6 is 0 Å². The Balaban J connectivity index is 3.02. The molecule has 0 aliphatic carbocycles. The van der Waals surface area contributed by atoms with Gasteiger partial charge in [0.15, 0.2) is 0 Å². The van der Waals surface area contributed by atoms with Crippen molar-refractivity contribution in [1.29, 1.82) is 0 Å². The molecule has 0 amide bonds. The summed E-state index contributed by atoms with van der Waals surface area (Å²) in [5.41, 5.74) is 0. The van der Waals surface area contributed by atoms with Crippen LogP contribution in [0.5, 0.6) is 0 Å². The lowest BCUT2D eigenvalue weighted by atomic mass is 10.1. The summed E-state index contributed by atoms with van der Waals surface area (Å²) in [5, 5.41) is 0. The summed E-state index contributed by atoms with van der Waals surface area (Å²) in [4.78, 5) is 11.1. The molecule has 0 fully saturated rings. The molecule has 7 nitrogen and oxygen atoms in total. The molecule has 0 aliphatic heterocycles. The molecular formula is C21H42O7. The standard InChI is InChI=1S/C21H42O7/c1-3-5-6-7-8-9-11-23-13-15-25-17-19-27-20-18-26-16-14-24-12-10-21(22)28-4-2/h3-20H2,1-2H3. The number of hydrogen-bond donors (Lipinski definition) is 0. The van der Waals surface area contributed by atoms with Crippen LogP contribution in [0, 0.1) is 0 Å². The number of ether oxygens (including phenoxy) is 6. The molecule has 0 spiro atoms. The van der Waals surface area contributed by atoms with Crippen molar-refractivity contribution in [1.82, 2.24) is 0 Å². The molecule has 0 bridgehead atoms. The Kier molecular flexibility index (Phi) is 23.7. The van der Waals surface area contributed by atoms with Crippen LogP contribution in [0.15, 0.2) is 0 Å². The van der Waals surface area contributed by atoms with E-state index in [1.54, 1.807) is 6.92 Å². The quantitative estimate of drug-likeness (QED) is 0.190. The first-order chi connectivity index (χ1) is 13.8. The highest BCUT2D eigenvalue weighted by molar-refractivity contribution is 5.69. The van der Waals surface area contributed by atoms with Gasteiger partial charge >= 0.3 is 5.97 Å². The van der Waals surface area contributed by atoms with E-state index in [1.165, 1.54) is 32.1 Å². The Bertz CT molecular complexity index is 313. The summed E-state index contributed by atoms with van der Waals surface area (Å²) in [7, 11) is 0. The van der Waals surface area contributed by atoms with Gasteiger partial charge in [0, 0.05) is 6.61 Å². The zero-order valence-electron chi connectivity index (χ0n) is 18.1. The molecule has 0 radical (unpaired) electrons. The minimum atomic E-state index is -0.233. The molecule has 0 saturated heterocycles. The molecule has 0 aromatic rings. The van der Waals surface area contributed by atoms with Crippen LogP contribution in [-0.4, -0.2) is 78.6 Å². The maximum absolute atomic E-state index is 11.1. The second-order valence-electron chi connectivity index (χ2n) is 6.38. The smallest absolute Gasteiger partial charge is 0.308 e. The fraction of sp³-hybridized carbons (Fsp3) is 0.952. The van der Waals surface area contributed by atoms with Gasteiger partial charge in [-0.05, 0) is 13.3 Å². The van der Waals surface area contributed by atoms with Crippen molar-refractivity contribution in [3.63, 3.8) is 0 Å². The largest absolute Gasteiger partial charge is 0.466 e. The highest BCUT2D eigenvalue weighted by atomic mass is 16.6. The van der Waals surface area contributed by atoms with Gasteiger partial charge in [0.05, 0.1) is 72.5 Å². The average molecular weight is 407 g/mol. The fourth-order valence-corrected chi connectivity index (χ4v) is 2.35. The first-order valence-electron chi connectivity index (χ1n) is 10.9. The highest BCUT2D eigenvalue weighted by Crippen LogP contribution is 2.04. The van der Waals surface area contributed by atoms with Crippen LogP contribution in [0.1, 0.15) is 58.8 Å². The van der Waals surface area contributed by atoms with Crippen molar-refractivity contribution < 1.29 is 33.2 Å². The van der Waals surface area contributed by atoms with Crippen LogP contribution in [-0.2, 0) is 33.2 Å². The molecule has 168 valence electrons. The lowest BCUT2D eigenvalue weighted by Gasteiger charge is -2.08. The second kappa shape index (κ2) is 24.3. The van der Waals surface area contributed by atoms with Crippen LogP contribution in [0.4, 0.5) is 0 Å². The van der Waals surface area contributed by atoms with Gasteiger partial charge in [0.1, 0.15) is 0 Å². The predicted molar refractivity (Wildman–Crippen MR) is 109 cm³/mol. The molecule has 0 aromatic carbocycles. The molecular weight excluding hydrogens is 364 g/mol. The van der Waals surface area contributed by atoms with Gasteiger partial charge in [-0.15, -0.1) is 0 Å². The Morgan fingerprint density at radius 1 is 0.536 bits per heavy atom. The molecule has 0 aromatic heterocycles. The Hall–Kier alpha value is -0.730.